The molecule has 5 heteroatoms. The van der Waals surface area contributed by atoms with Gasteiger partial charge in [-0.1, -0.05) is 0 Å². The zero-order valence-electron chi connectivity index (χ0n) is 9.42. The van der Waals surface area contributed by atoms with E-state index in [1.165, 1.54) is 5.56 Å². The van der Waals surface area contributed by atoms with Gasteiger partial charge in [-0.2, -0.15) is 16.6 Å². The molecular formula is C12H12N4S. The van der Waals surface area contributed by atoms with Gasteiger partial charge < -0.3 is 5.32 Å². The molecule has 1 N–H and O–H groups in total. The number of thiophene rings is 1. The van der Waals surface area contributed by atoms with Gasteiger partial charge in [-0.3, -0.25) is 0 Å². The van der Waals surface area contributed by atoms with E-state index in [1.807, 2.05) is 6.07 Å². The van der Waals surface area contributed by atoms with Gasteiger partial charge in [0.05, 0.1) is 0 Å². The van der Waals surface area contributed by atoms with Gasteiger partial charge in [-0.25, -0.2) is 9.97 Å². The highest BCUT2D eigenvalue weighted by molar-refractivity contribution is 7.07. The van der Waals surface area contributed by atoms with Crippen LogP contribution in [0.15, 0.2) is 29.1 Å². The minimum absolute atomic E-state index is 0.235. The zero-order chi connectivity index (χ0) is 12.1. The van der Waals surface area contributed by atoms with Crippen molar-refractivity contribution in [2.45, 2.75) is 19.4 Å². The molecule has 0 saturated carbocycles. The van der Waals surface area contributed by atoms with E-state index in [2.05, 4.69) is 39.0 Å². The van der Waals surface area contributed by atoms with E-state index in [9.17, 15) is 0 Å². The molecule has 0 bridgehead atoms. The monoisotopic (exact) mass is 244 g/mol. The third kappa shape index (κ3) is 3.26. The van der Waals surface area contributed by atoms with Gasteiger partial charge in [0.15, 0.2) is 0 Å². The summed E-state index contributed by atoms with van der Waals surface area (Å²) in [6.07, 6.45) is 2.51. The molecular weight excluding hydrogens is 232 g/mol. The van der Waals surface area contributed by atoms with Crippen LogP contribution in [0.25, 0.3) is 0 Å². The molecule has 0 spiro atoms. The van der Waals surface area contributed by atoms with Crippen molar-refractivity contribution in [1.82, 2.24) is 9.97 Å². The highest BCUT2D eigenvalue weighted by Crippen LogP contribution is 2.10. The van der Waals surface area contributed by atoms with Crippen molar-refractivity contribution in [3.8, 4) is 6.07 Å². The van der Waals surface area contributed by atoms with E-state index in [0.29, 0.717) is 11.6 Å². The molecule has 0 radical (unpaired) electrons. The lowest BCUT2D eigenvalue weighted by Gasteiger charge is -2.12. The molecule has 17 heavy (non-hydrogen) atoms. The number of nitrogens with one attached hydrogen (secondary N) is 1. The number of rotatable bonds is 4. The van der Waals surface area contributed by atoms with Gasteiger partial charge in [-0.05, 0) is 41.8 Å². The number of hydrogen-bond acceptors (Lipinski definition) is 5. The maximum atomic E-state index is 8.74. The molecule has 2 heterocycles. The molecule has 0 aliphatic carbocycles. The van der Waals surface area contributed by atoms with Crippen LogP contribution in [-0.4, -0.2) is 16.0 Å². The quantitative estimate of drug-likeness (QED) is 0.897. The topological polar surface area (TPSA) is 61.6 Å². The number of anilines is 1. The van der Waals surface area contributed by atoms with E-state index in [-0.39, 0.29) is 6.04 Å². The molecule has 2 aromatic heterocycles. The van der Waals surface area contributed by atoms with Crippen molar-refractivity contribution < 1.29 is 0 Å². The van der Waals surface area contributed by atoms with Crippen LogP contribution in [0.3, 0.4) is 0 Å². The number of aromatic nitrogens is 2. The summed E-state index contributed by atoms with van der Waals surface area (Å²) in [4.78, 5) is 8.17. The van der Waals surface area contributed by atoms with Crippen LogP contribution in [0.4, 0.5) is 5.95 Å². The van der Waals surface area contributed by atoms with E-state index < -0.39 is 0 Å². The van der Waals surface area contributed by atoms with Crippen LogP contribution in [-0.2, 0) is 6.42 Å². The number of hydrogen-bond donors (Lipinski definition) is 1. The highest BCUT2D eigenvalue weighted by Gasteiger charge is 2.06. The minimum atomic E-state index is 0.235. The van der Waals surface area contributed by atoms with Crippen LogP contribution >= 0.6 is 11.3 Å². The summed E-state index contributed by atoms with van der Waals surface area (Å²) in [5, 5.41) is 16.1. The number of nitrogens with zero attached hydrogens (tertiary/aromatic N) is 3. The summed E-state index contributed by atoms with van der Waals surface area (Å²) < 4.78 is 0. The second-order valence-electron chi connectivity index (χ2n) is 3.76. The average Bonchev–Trinajstić information content (AvgIpc) is 2.82. The molecule has 0 aliphatic heterocycles. The van der Waals surface area contributed by atoms with Gasteiger partial charge in [0, 0.05) is 12.2 Å². The van der Waals surface area contributed by atoms with Crippen LogP contribution in [0.1, 0.15) is 18.2 Å². The fourth-order valence-corrected chi connectivity index (χ4v) is 2.21. The van der Waals surface area contributed by atoms with Gasteiger partial charge in [0.25, 0.3) is 0 Å². The van der Waals surface area contributed by atoms with Gasteiger partial charge in [-0.15, -0.1) is 0 Å². The Morgan fingerprint density at radius 3 is 3.12 bits per heavy atom. The van der Waals surface area contributed by atoms with Crippen molar-refractivity contribution in [1.29, 1.82) is 5.26 Å². The average molecular weight is 244 g/mol. The van der Waals surface area contributed by atoms with E-state index in [4.69, 9.17) is 5.26 Å². The summed E-state index contributed by atoms with van der Waals surface area (Å²) in [5.74, 6) is 0.506. The van der Waals surface area contributed by atoms with Crippen LogP contribution in [0, 0.1) is 11.3 Å². The van der Waals surface area contributed by atoms with Crippen LogP contribution < -0.4 is 5.32 Å². The van der Waals surface area contributed by atoms with Crippen molar-refractivity contribution >= 4 is 17.3 Å². The molecule has 0 saturated heterocycles. The third-order valence-electron chi connectivity index (χ3n) is 2.27. The maximum absolute atomic E-state index is 8.74. The first-order chi connectivity index (χ1) is 8.28. The second kappa shape index (κ2) is 5.41. The highest BCUT2D eigenvalue weighted by atomic mass is 32.1. The summed E-state index contributed by atoms with van der Waals surface area (Å²) in [7, 11) is 0. The largest absolute Gasteiger partial charge is 0.351 e. The first kappa shape index (κ1) is 11.6. The zero-order valence-corrected chi connectivity index (χ0v) is 10.2. The van der Waals surface area contributed by atoms with Gasteiger partial charge in [0.2, 0.25) is 5.95 Å². The van der Waals surface area contributed by atoms with Crippen molar-refractivity contribution in [2.24, 2.45) is 0 Å². The molecule has 1 atom stereocenters. The molecule has 1 unspecified atom stereocenters. The number of nitriles is 1. The Labute approximate surface area is 104 Å². The molecule has 0 amide bonds. The lowest BCUT2D eigenvalue weighted by Crippen LogP contribution is -2.19. The fraction of sp³-hybridized carbons (Fsp3) is 0.250. The lowest BCUT2D eigenvalue weighted by atomic mass is 10.1. The molecule has 2 rings (SSSR count). The first-order valence-corrected chi connectivity index (χ1v) is 6.23. The summed E-state index contributed by atoms with van der Waals surface area (Å²) in [6.45, 7) is 2.07. The second-order valence-corrected chi connectivity index (χ2v) is 4.54. The van der Waals surface area contributed by atoms with E-state index in [1.54, 1.807) is 23.6 Å². The van der Waals surface area contributed by atoms with E-state index in [0.717, 1.165) is 6.42 Å². The molecule has 86 valence electrons. The predicted molar refractivity (Wildman–Crippen MR) is 67.9 cm³/mol. The smallest absolute Gasteiger partial charge is 0.224 e. The Balaban J connectivity index is 1.98. The van der Waals surface area contributed by atoms with Gasteiger partial charge >= 0.3 is 0 Å². The normalized spacial score (nSPS) is 11.8. The lowest BCUT2D eigenvalue weighted by molar-refractivity contribution is 0.778. The molecule has 0 aromatic carbocycles. The van der Waals surface area contributed by atoms with Crippen molar-refractivity contribution in [3.63, 3.8) is 0 Å². The maximum Gasteiger partial charge on any atom is 0.224 e. The Kier molecular flexibility index (Phi) is 3.68. The molecule has 4 nitrogen and oxygen atoms in total. The molecule has 0 fully saturated rings. The Bertz CT molecular complexity index is 516. The molecule has 2 aromatic rings. The summed E-state index contributed by atoms with van der Waals surface area (Å²) in [5.41, 5.74) is 1.68. The van der Waals surface area contributed by atoms with Crippen molar-refractivity contribution in [3.05, 3.63) is 40.3 Å². The Hall–Kier alpha value is -1.93. The third-order valence-corrected chi connectivity index (χ3v) is 3.00. The SMILES string of the molecule is CC(Cc1ccsc1)Nc1nccc(C#N)n1. The van der Waals surface area contributed by atoms with Crippen LogP contribution in [0.2, 0.25) is 0 Å². The van der Waals surface area contributed by atoms with Gasteiger partial charge in [0.1, 0.15) is 11.8 Å². The van der Waals surface area contributed by atoms with Crippen LogP contribution in [0.5, 0.6) is 0 Å². The minimum Gasteiger partial charge on any atom is -0.351 e. The Morgan fingerprint density at radius 2 is 2.41 bits per heavy atom. The predicted octanol–water partition coefficient (Wildman–Crippen LogP) is 2.45. The molecule has 0 aliphatic rings. The first-order valence-electron chi connectivity index (χ1n) is 5.28. The van der Waals surface area contributed by atoms with E-state index >= 15 is 0 Å². The standard InChI is InChI=1S/C12H12N4S/c1-9(6-10-3-5-17-8-10)15-12-14-4-2-11(7-13)16-12/h2-5,8-9H,6H2,1H3,(H,14,15,16). The summed E-state index contributed by atoms with van der Waals surface area (Å²) >= 11 is 1.69. The Morgan fingerprint density at radius 1 is 1.53 bits per heavy atom. The fourth-order valence-electron chi connectivity index (χ4n) is 1.52. The van der Waals surface area contributed by atoms with Crippen molar-refractivity contribution in [2.75, 3.05) is 5.32 Å². The summed E-state index contributed by atoms with van der Waals surface area (Å²) in [6, 6.07) is 5.93.